The van der Waals surface area contributed by atoms with Crippen LogP contribution in [0, 0.1) is 0 Å². The second kappa shape index (κ2) is 7.43. The van der Waals surface area contributed by atoms with Crippen molar-refractivity contribution in [2.45, 2.75) is 6.18 Å². The number of ether oxygens (including phenoxy) is 2. The summed E-state index contributed by atoms with van der Waals surface area (Å²) in [6.45, 7) is -0.820. The third kappa shape index (κ3) is 4.20. The lowest BCUT2D eigenvalue weighted by Crippen LogP contribution is -2.28. The molecule has 1 aromatic heterocycles. The summed E-state index contributed by atoms with van der Waals surface area (Å²) in [5, 5.41) is 10.6. The number of alkyl halides is 3. The highest BCUT2D eigenvalue weighted by molar-refractivity contribution is 6.30. The largest absolute Gasteiger partial charge is 0.546 e. The molecule has 3 rings (SSSR count). The summed E-state index contributed by atoms with van der Waals surface area (Å²) in [6.07, 6.45) is -5.03. The van der Waals surface area contributed by atoms with Gasteiger partial charge in [0.1, 0.15) is 23.7 Å². The first kappa shape index (κ1) is 19.6. The molecule has 10 heteroatoms. The zero-order valence-corrected chi connectivity index (χ0v) is 14.5. The van der Waals surface area contributed by atoms with Crippen LogP contribution in [-0.2, 0) is 11.0 Å². The van der Waals surface area contributed by atoms with Crippen molar-refractivity contribution in [2.24, 2.45) is 0 Å². The van der Waals surface area contributed by atoms with E-state index in [4.69, 9.17) is 25.5 Å². The minimum Gasteiger partial charge on any atom is -0.546 e. The number of fused-ring (bicyclic) bond motifs is 1. The summed E-state index contributed by atoms with van der Waals surface area (Å²) in [4.78, 5) is 23.0. The quantitative estimate of drug-likeness (QED) is 0.637. The van der Waals surface area contributed by atoms with Crippen LogP contribution in [0.1, 0.15) is 5.76 Å². The van der Waals surface area contributed by atoms with Gasteiger partial charge in [0.05, 0.1) is 11.4 Å². The van der Waals surface area contributed by atoms with Crippen molar-refractivity contribution in [3.05, 3.63) is 63.5 Å². The van der Waals surface area contributed by atoms with Crippen molar-refractivity contribution in [1.29, 1.82) is 0 Å². The molecule has 6 nitrogen and oxygen atoms in total. The predicted octanol–water partition coefficient (Wildman–Crippen LogP) is 3.39. The molecule has 0 amide bonds. The Hall–Kier alpha value is -3.20. The van der Waals surface area contributed by atoms with Gasteiger partial charge in [0.15, 0.2) is 0 Å². The van der Waals surface area contributed by atoms with Crippen LogP contribution in [0.15, 0.2) is 51.7 Å². The normalized spacial score (nSPS) is 11.4. The lowest BCUT2D eigenvalue weighted by atomic mass is 10.2. The van der Waals surface area contributed by atoms with E-state index in [1.165, 1.54) is 30.3 Å². The van der Waals surface area contributed by atoms with Gasteiger partial charge in [0, 0.05) is 11.1 Å². The predicted molar refractivity (Wildman–Crippen MR) is 89.5 cm³/mol. The Morgan fingerprint density at radius 1 is 1.11 bits per heavy atom. The molecule has 2 aromatic carbocycles. The molecule has 1 heterocycles. The summed E-state index contributed by atoms with van der Waals surface area (Å²) in [5.74, 6) is -4.36. The maximum Gasteiger partial charge on any atom is 0.453 e. The molecular formula is C18H9ClF3O6-. The maximum absolute atomic E-state index is 13.4. The molecular weight excluding hydrogens is 405 g/mol. The standard InChI is InChI=1S/C18H10ClF3O6/c19-9-1-3-10(4-2-9)27-16-15(25)12-6-5-11(26-8-14(23)24)7-13(12)28-17(16)18(20,21)22/h1-7H,8H2,(H,23,24)/p-1. The fourth-order valence-corrected chi connectivity index (χ4v) is 2.41. The molecule has 0 saturated heterocycles. The minimum atomic E-state index is -5.03. The Labute approximate surface area is 159 Å². The van der Waals surface area contributed by atoms with Crippen molar-refractivity contribution in [2.75, 3.05) is 6.61 Å². The first-order valence-corrected chi connectivity index (χ1v) is 7.97. The zero-order valence-electron chi connectivity index (χ0n) is 13.7. The number of benzene rings is 2. The molecule has 0 aliphatic carbocycles. The van der Waals surface area contributed by atoms with Crippen molar-refractivity contribution >= 4 is 28.5 Å². The summed E-state index contributed by atoms with van der Waals surface area (Å²) < 4.78 is 55.1. The molecule has 0 aliphatic rings. The van der Waals surface area contributed by atoms with Gasteiger partial charge in [-0.1, -0.05) is 11.6 Å². The van der Waals surface area contributed by atoms with E-state index in [-0.39, 0.29) is 16.9 Å². The molecule has 0 saturated carbocycles. The number of hydrogen-bond donors (Lipinski definition) is 0. The molecule has 0 fully saturated rings. The van der Waals surface area contributed by atoms with E-state index in [2.05, 4.69) is 0 Å². The topological polar surface area (TPSA) is 88.8 Å². The summed E-state index contributed by atoms with van der Waals surface area (Å²) in [5.41, 5.74) is -1.51. The SMILES string of the molecule is O=C([O-])COc1ccc2c(=O)c(Oc3ccc(Cl)cc3)c(C(F)(F)F)oc2c1. The first-order valence-electron chi connectivity index (χ1n) is 7.59. The summed E-state index contributed by atoms with van der Waals surface area (Å²) in [7, 11) is 0. The molecule has 0 spiro atoms. The van der Waals surface area contributed by atoms with E-state index in [0.29, 0.717) is 5.02 Å². The molecule has 0 radical (unpaired) electrons. The summed E-state index contributed by atoms with van der Waals surface area (Å²) >= 11 is 5.72. The van der Waals surface area contributed by atoms with Gasteiger partial charge in [0.25, 0.3) is 5.76 Å². The van der Waals surface area contributed by atoms with Crippen LogP contribution in [0.25, 0.3) is 11.0 Å². The van der Waals surface area contributed by atoms with Crippen LogP contribution >= 0.6 is 11.6 Å². The van der Waals surface area contributed by atoms with Gasteiger partial charge in [0.2, 0.25) is 11.2 Å². The molecule has 0 N–H and O–H groups in total. The highest BCUT2D eigenvalue weighted by Gasteiger charge is 2.40. The van der Waals surface area contributed by atoms with E-state index < -0.39 is 41.3 Å². The molecule has 0 unspecified atom stereocenters. The zero-order chi connectivity index (χ0) is 20.5. The third-order valence-corrected chi connectivity index (χ3v) is 3.72. The van der Waals surface area contributed by atoms with Crippen molar-refractivity contribution in [3.8, 4) is 17.2 Å². The fraction of sp³-hybridized carbons (Fsp3) is 0.111. The Bertz CT molecular complexity index is 1090. The van der Waals surface area contributed by atoms with Crippen molar-refractivity contribution < 1.29 is 37.0 Å². The van der Waals surface area contributed by atoms with E-state index >= 15 is 0 Å². The Morgan fingerprint density at radius 2 is 1.75 bits per heavy atom. The molecule has 28 heavy (non-hydrogen) atoms. The summed E-state index contributed by atoms with van der Waals surface area (Å²) in [6, 6.07) is 8.68. The average molecular weight is 414 g/mol. The monoisotopic (exact) mass is 413 g/mol. The second-order valence-corrected chi connectivity index (χ2v) is 5.90. The molecule has 0 atom stereocenters. The Morgan fingerprint density at radius 3 is 2.36 bits per heavy atom. The number of halogens is 4. The van der Waals surface area contributed by atoms with E-state index in [9.17, 15) is 27.9 Å². The van der Waals surface area contributed by atoms with Gasteiger partial charge < -0.3 is 23.8 Å². The molecule has 146 valence electrons. The number of carbonyl (C=O) groups excluding carboxylic acids is 1. The number of rotatable bonds is 5. The van der Waals surface area contributed by atoms with Gasteiger partial charge in [-0.05, 0) is 36.4 Å². The minimum absolute atomic E-state index is 0.0459. The van der Waals surface area contributed by atoms with E-state index in [1.807, 2.05) is 0 Å². The number of carboxylic acids is 1. The number of aliphatic carboxylic acids is 1. The van der Waals surface area contributed by atoms with Crippen molar-refractivity contribution in [1.82, 2.24) is 0 Å². The van der Waals surface area contributed by atoms with Crippen LogP contribution in [0.3, 0.4) is 0 Å². The van der Waals surface area contributed by atoms with E-state index in [0.717, 1.165) is 12.1 Å². The third-order valence-electron chi connectivity index (χ3n) is 3.47. The lowest BCUT2D eigenvalue weighted by molar-refractivity contribution is -0.307. The Balaban J connectivity index is 2.12. The highest BCUT2D eigenvalue weighted by atomic mass is 35.5. The number of carbonyl (C=O) groups is 1. The van der Waals surface area contributed by atoms with E-state index in [1.54, 1.807) is 0 Å². The molecule has 0 aliphatic heterocycles. The van der Waals surface area contributed by atoms with Crippen molar-refractivity contribution in [3.63, 3.8) is 0 Å². The van der Waals surface area contributed by atoms with Crippen LogP contribution in [0.4, 0.5) is 13.2 Å². The highest BCUT2D eigenvalue weighted by Crippen LogP contribution is 2.38. The van der Waals surface area contributed by atoms with Crippen LogP contribution < -0.4 is 20.0 Å². The van der Waals surface area contributed by atoms with Gasteiger partial charge in [-0.25, -0.2) is 0 Å². The van der Waals surface area contributed by atoms with Gasteiger partial charge in [-0.15, -0.1) is 0 Å². The fourth-order valence-electron chi connectivity index (χ4n) is 2.29. The average Bonchev–Trinajstić information content (AvgIpc) is 2.62. The first-order chi connectivity index (χ1) is 13.1. The van der Waals surface area contributed by atoms with Crippen LogP contribution in [0.2, 0.25) is 5.02 Å². The molecule has 0 bridgehead atoms. The van der Waals surface area contributed by atoms with Gasteiger partial charge >= 0.3 is 6.18 Å². The maximum atomic E-state index is 13.4. The van der Waals surface area contributed by atoms with Gasteiger partial charge in [-0.2, -0.15) is 13.2 Å². The van der Waals surface area contributed by atoms with Gasteiger partial charge in [-0.3, -0.25) is 4.79 Å². The van der Waals surface area contributed by atoms with Crippen LogP contribution in [-0.4, -0.2) is 12.6 Å². The lowest BCUT2D eigenvalue weighted by Gasteiger charge is -2.14. The number of carboxylic acid groups (broad SMARTS) is 1. The second-order valence-electron chi connectivity index (χ2n) is 5.46. The Kier molecular flexibility index (Phi) is 5.19. The van der Waals surface area contributed by atoms with Crippen LogP contribution in [0.5, 0.6) is 17.2 Å². The molecule has 3 aromatic rings. The number of hydrogen-bond acceptors (Lipinski definition) is 6. The smallest absolute Gasteiger partial charge is 0.453 e.